The lowest BCUT2D eigenvalue weighted by molar-refractivity contribution is 0.330. The summed E-state index contributed by atoms with van der Waals surface area (Å²) in [5.74, 6) is 1.69. The molecule has 0 heterocycles. The Balaban J connectivity index is 3.49. The van der Waals surface area contributed by atoms with Crippen LogP contribution in [0.4, 0.5) is 0 Å². The van der Waals surface area contributed by atoms with Gasteiger partial charge in [-0.2, -0.15) is 0 Å². The number of hydrogen-bond acceptors (Lipinski definition) is 1. The summed E-state index contributed by atoms with van der Waals surface area (Å²) in [7, 11) is 0.358. The molecule has 0 aliphatic carbocycles. The molecule has 2 heteroatoms. The molecule has 1 unspecified atom stereocenters. The highest BCUT2D eigenvalue weighted by atomic mass is 16.2. The molecule has 0 radical (unpaired) electrons. The predicted octanol–water partition coefficient (Wildman–Crippen LogP) is 2.60. The third-order valence-corrected chi connectivity index (χ3v) is 2.59. The van der Waals surface area contributed by atoms with Crippen LogP contribution >= 0.6 is 0 Å². The van der Waals surface area contributed by atoms with Gasteiger partial charge in [0.15, 0.2) is 0 Å². The van der Waals surface area contributed by atoms with Crippen molar-refractivity contribution in [1.82, 2.24) is 0 Å². The van der Waals surface area contributed by atoms with Crippen LogP contribution in [-0.4, -0.2) is 12.5 Å². The van der Waals surface area contributed by atoms with E-state index in [2.05, 4.69) is 20.8 Å². The summed E-state index contributed by atoms with van der Waals surface area (Å²) >= 11 is 0. The molecule has 0 rings (SSSR count). The van der Waals surface area contributed by atoms with Crippen LogP contribution in [0, 0.1) is 11.8 Å². The van der Waals surface area contributed by atoms with Crippen LogP contribution in [0.25, 0.3) is 0 Å². The van der Waals surface area contributed by atoms with Gasteiger partial charge in [-0.05, 0) is 11.8 Å². The first-order chi connectivity index (χ1) is 5.72. The first-order valence-electron chi connectivity index (χ1n) is 5.33. The molecular weight excluding hydrogens is 147 g/mol. The fourth-order valence-corrected chi connectivity index (χ4v) is 1.70. The minimum Gasteiger partial charge on any atom is -0.454 e. The summed E-state index contributed by atoms with van der Waals surface area (Å²) in [4.78, 5) is 0. The zero-order valence-corrected chi connectivity index (χ0v) is 8.84. The summed E-state index contributed by atoms with van der Waals surface area (Å²) < 4.78 is 0. The maximum absolute atomic E-state index is 8.65. The highest BCUT2D eigenvalue weighted by molar-refractivity contribution is 6.25. The van der Waals surface area contributed by atoms with Crippen molar-refractivity contribution in [3.63, 3.8) is 0 Å². The predicted molar refractivity (Wildman–Crippen MR) is 56.6 cm³/mol. The van der Waals surface area contributed by atoms with Crippen molar-refractivity contribution < 1.29 is 5.02 Å². The second kappa shape index (κ2) is 7.66. The Labute approximate surface area is 77.8 Å². The van der Waals surface area contributed by atoms with Gasteiger partial charge in [0.25, 0.3) is 7.48 Å². The van der Waals surface area contributed by atoms with E-state index in [0.29, 0.717) is 7.48 Å². The Morgan fingerprint density at radius 2 is 1.92 bits per heavy atom. The van der Waals surface area contributed by atoms with Crippen molar-refractivity contribution in [2.24, 2.45) is 11.8 Å². The van der Waals surface area contributed by atoms with Gasteiger partial charge in [0.05, 0.1) is 0 Å². The Kier molecular flexibility index (Phi) is 7.68. The monoisotopic (exact) mass is 170 g/mol. The van der Waals surface area contributed by atoms with Gasteiger partial charge < -0.3 is 5.02 Å². The van der Waals surface area contributed by atoms with Gasteiger partial charge in [0, 0.05) is 0 Å². The van der Waals surface area contributed by atoms with Crippen LogP contribution < -0.4 is 0 Å². The molecule has 0 aromatic rings. The largest absolute Gasteiger partial charge is 0.454 e. The van der Waals surface area contributed by atoms with Gasteiger partial charge in [-0.3, -0.25) is 0 Å². The average Bonchev–Trinajstić information content (AvgIpc) is 2.03. The number of hydrogen-bond donors (Lipinski definition) is 1. The van der Waals surface area contributed by atoms with Crippen LogP contribution in [0.5, 0.6) is 0 Å². The Hall–Kier alpha value is 0.0249. The third-order valence-electron chi connectivity index (χ3n) is 2.59. The maximum atomic E-state index is 8.65. The molecule has 0 fully saturated rings. The Bertz CT molecular complexity index is 93.8. The van der Waals surface area contributed by atoms with E-state index in [9.17, 15) is 0 Å². The lowest BCUT2D eigenvalue weighted by Gasteiger charge is -2.19. The molecule has 0 amide bonds. The molecule has 0 spiro atoms. The molecule has 0 aliphatic heterocycles. The molecular formula is C10H23BO. The van der Waals surface area contributed by atoms with E-state index in [-0.39, 0.29) is 0 Å². The molecule has 0 aromatic heterocycles. The minimum absolute atomic E-state index is 0.358. The maximum Gasteiger partial charge on any atom is 0.270 e. The van der Waals surface area contributed by atoms with Gasteiger partial charge in [-0.15, -0.1) is 0 Å². The van der Waals surface area contributed by atoms with Gasteiger partial charge in [0.2, 0.25) is 0 Å². The van der Waals surface area contributed by atoms with Crippen LogP contribution in [0.2, 0.25) is 6.32 Å². The molecule has 1 nitrogen and oxygen atoms in total. The molecule has 0 bridgehead atoms. The zero-order valence-electron chi connectivity index (χ0n) is 8.84. The van der Waals surface area contributed by atoms with Crippen molar-refractivity contribution in [1.29, 1.82) is 0 Å². The van der Waals surface area contributed by atoms with E-state index >= 15 is 0 Å². The van der Waals surface area contributed by atoms with Gasteiger partial charge in [0.1, 0.15) is 0 Å². The van der Waals surface area contributed by atoms with Crippen molar-refractivity contribution in [3.05, 3.63) is 0 Å². The smallest absolute Gasteiger partial charge is 0.270 e. The summed E-state index contributed by atoms with van der Waals surface area (Å²) in [6, 6.07) is 0. The highest BCUT2D eigenvalue weighted by Gasteiger charge is 2.11. The lowest BCUT2D eigenvalue weighted by atomic mass is 9.83. The van der Waals surface area contributed by atoms with Crippen molar-refractivity contribution in [3.8, 4) is 0 Å². The van der Waals surface area contributed by atoms with Crippen molar-refractivity contribution in [2.45, 2.75) is 52.8 Å². The van der Waals surface area contributed by atoms with Crippen molar-refractivity contribution in [2.75, 3.05) is 0 Å². The first-order valence-corrected chi connectivity index (χ1v) is 5.33. The summed E-state index contributed by atoms with van der Waals surface area (Å²) in [6.07, 6.45) is 6.11. The van der Waals surface area contributed by atoms with Gasteiger partial charge >= 0.3 is 0 Å². The third kappa shape index (κ3) is 5.65. The van der Waals surface area contributed by atoms with Crippen molar-refractivity contribution >= 4 is 7.48 Å². The van der Waals surface area contributed by atoms with Crippen LogP contribution in [-0.2, 0) is 0 Å². The molecule has 1 N–H and O–H groups in total. The Morgan fingerprint density at radius 3 is 2.33 bits per heavy atom. The van der Waals surface area contributed by atoms with Gasteiger partial charge in [-0.25, -0.2) is 0 Å². The normalized spacial score (nSPS) is 13.4. The molecule has 0 aliphatic rings. The molecule has 0 saturated carbocycles. The summed E-state index contributed by atoms with van der Waals surface area (Å²) in [6.45, 7) is 6.86. The van der Waals surface area contributed by atoms with E-state index in [1.54, 1.807) is 0 Å². The lowest BCUT2D eigenvalue weighted by Crippen LogP contribution is -2.08. The Morgan fingerprint density at radius 1 is 1.25 bits per heavy atom. The van der Waals surface area contributed by atoms with E-state index in [1.165, 1.54) is 25.7 Å². The summed E-state index contributed by atoms with van der Waals surface area (Å²) in [5, 5.41) is 8.65. The van der Waals surface area contributed by atoms with E-state index < -0.39 is 0 Å². The number of rotatable bonds is 7. The van der Waals surface area contributed by atoms with Crippen LogP contribution in [0.1, 0.15) is 46.5 Å². The molecule has 0 aromatic carbocycles. The highest BCUT2D eigenvalue weighted by Crippen LogP contribution is 2.22. The molecule has 0 saturated heterocycles. The first kappa shape index (κ1) is 12.0. The second-order valence-corrected chi connectivity index (χ2v) is 4.01. The van der Waals surface area contributed by atoms with Gasteiger partial charge in [-0.1, -0.05) is 52.8 Å². The molecule has 72 valence electrons. The zero-order chi connectivity index (χ0) is 9.40. The van der Waals surface area contributed by atoms with Crippen LogP contribution in [0.15, 0.2) is 0 Å². The van der Waals surface area contributed by atoms with Crippen LogP contribution in [0.3, 0.4) is 0 Å². The second-order valence-electron chi connectivity index (χ2n) is 4.01. The fraction of sp³-hybridized carbons (Fsp3) is 1.00. The minimum atomic E-state index is 0.358. The molecule has 12 heavy (non-hydrogen) atoms. The topological polar surface area (TPSA) is 20.2 Å². The summed E-state index contributed by atoms with van der Waals surface area (Å²) in [5.41, 5.74) is 0. The standard InChI is InChI=1S/C10H23BO/c1-4-6-10(9(2)3)7-5-8-11-12/h9-12H,4-8H2,1-3H3. The SMILES string of the molecule is CCCC(CCCBO)C(C)C. The van der Waals surface area contributed by atoms with E-state index in [4.69, 9.17) is 5.02 Å². The van der Waals surface area contributed by atoms with E-state index in [1.807, 2.05) is 0 Å². The van der Waals surface area contributed by atoms with E-state index in [0.717, 1.165) is 18.2 Å². The average molecular weight is 170 g/mol. The fourth-order valence-electron chi connectivity index (χ4n) is 1.70. The quantitative estimate of drug-likeness (QED) is 0.460. The molecule has 1 atom stereocenters.